The quantitative estimate of drug-likeness (QED) is 0.484. The van der Waals surface area contributed by atoms with E-state index in [-0.39, 0.29) is 0 Å². The van der Waals surface area contributed by atoms with Crippen molar-refractivity contribution in [3.63, 3.8) is 0 Å². The fraction of sp³-hybridized carbons (Fsp3) is 0.167. The molecule has 0 radical (unpaired) electrons. The Bertz CT molecular complexity index is 1130. The molecule has 146 valence electrons. The third kappa shape index (κ3) is 3.99. The lowest BCUT2D eigenvalue weighted by atomic mass is 10.2. The second-order valence-electron chi connectivity index (χ2n) is 7.09. The number of nitrogens with zero attached hydrogens (tertiary/aromatic N) is 4. The molecule has 0 unspecified atom stereocenters. The summed E-state index contributed by atoms with van der Waals surface area (Å²) in [5.74, 6) is 1.76. The standard InChI is InChI=1S/C24H24N4O/c1-27(2)16-14-19-13-15-25-24-22(19)26-23(20-7-5-4-6-8-20)28(24)17-18-9-11-21(29-3)12-10-18/h4-16H,17H2,1-3H3/b16-14-. The summed E-state index contributed by atoms with van der Waals surface area (Å²) in [6, 6.07) is 20.4. The maximum atomic E-state index is 5.29. The van der Waals surface area contributed by atoms with Crippen LogP contribution in [0.4, 0.5) is 0 Å². The fourth-order valence-electron chi connectivity index (χ4n) is 3.27. The Kier molecular flexibility index (Phi) is 5.29. The van der Waals surface area contributed by atoms with Crippen LogP contribution in [0, 0.1) is 0 Å². The number of pyridine rings is 1. The van der Waals surface area contributed by atoms with Crippen LogP contribution in [0.25, 0.3) is 28.6 Å². The van der Waals surface area contributed by atoms with Crippen LogP contribution in [0.3, 0.4) is 0 Å². The SMILES string of the molecule is COc1ccc(Cn2c(-c3ccccc3)nc3c(/C=C\N(C)C)ccnc32)cc1. The van der Waals surface area contributed by atoms with Crippen LogP contribution < -0.4 is 4.74 Å². The van der Waals surface area contributed by atoms with E-state index in [0.29, 0.717) is 6.54 Å². The van der Waals surface area contributed by atoms with Gasteiger partial charge in [-0.05, 0) is 36.0 Å². The molecule has 0 aliphatic rings. The number of imidazole rings is 1. The van der Waals surface area contributed by atoms with E-state index in [1.807, 2.05) is 67.8 Å². The molecular formula is C24H24N4O. The molecule has 0 atom stereocenters. The van der Waals surface area contributed by atoms with Gasteiger partial charge >= 0.3 is 0 Å². The van der Waals surface area contributed by atoms with Gasteiger partial charge in [-0.15, -0.1) is 0 Å². The third-order valence-corrected chi connectivity index (χ3v) is 4.75. The van der Waals surface area contributed by atoms with Crippen molar-refractivity contribution in [3.8, 4) is 17.1 Å². The smallest absolute Gasteiger partial charge is 0.161 e. The number of ether oxygens (including phenoxy) is 1. The summed E-state index contributed by atoms with van der Waals surface area (Å²) < 4.78 is 7.47. The number of benzene rings is 2. The maximum Gasteiger partial charge on any atom is 0.161 e. The molecule has 0 saturated heterocycles. The summed E-state index contributed by atoms with van der Waals surface area (Å²) >= 11 is 0. The Morgan fingerprint density at radius 3 is 2.45 bits per heavy atom. The normalized spacial score (nSPS) is 11.3. The van der Waals surface area contributed by atoms with Crippen LogP contribution in [-0.4, -0.2) is 40.6 Å². The van der Waals surface area contributed by atoms with E-state index in [4.69, 9.17) is 9.72 Å². The van der Waals surface area contributed by atoms with Crippen LogP contribution in [-0.2, 0) is 6.54 Å². The van der Waals surface area contributed by atoms with E-state index in [0.717, 1.165) is 33.9 Å². The fourth-order valence-corrected chi connectivity index (χ4v) is 3.27. The second kappa shape index (κ2) is 8.19. The Morgan fingerprint density at radius 1 is 1.00 bits per heavy atom. The Balaban J connectivity index is 1.86. The van der Waals surface area contributed by atoms with Crippen LogP contribution >= 0.6 is 0 Å². The highest BCUT2D eigenvalue weighted by Gasteiger charge is 2.16. The highest BCUT2D eigenvalue weighted by molar-refractivity contribution is 5.85. The topological polar surface area (TPSA) is 43.2 Å². The van der Waals surface area contributed by atoms with Gasteiger partial charge in [0, 0.05) is 31.4 Å². The highest BCUT2D eigenvalue weighted by Crippen LogP contribution is 2.27. The van der Waals surface area contributed by atoms with E-state index < -0.39 is 0 Å². The van der Waals surface area contributed by atoms with Crippen molar-refractivity contribution in [2.24, 2.45) is 0 Å². The molecule has 2 heterocycles. The third-order valence-electron chi connectivity index (χ3n) is 4.75. The van der Waals surface area contributed by atoms with Gasteiger partial charge in [0.25, 0.3) is 0 Å². The van der Waals surface area contributed by atoms with Gasteiger partial charge in [-0.1, -0.05) is 42.5 Å². The van der Waals surface area contributed by atoms with Crippen molar-refractivity contribution >= 4 is 17.2 Å². The van der Waals surface area contributed by atoms with Crippen molar-refractivity contribution in [2.45, 2.75) is 6.54 Å². The zero-order valence-electron chi connectivity index (χ0n) is 16.9. The molecule has 0 amide bonds. The van der Waals surface area contributed by atoms with Crippen LogP contribution in [0.5, 0.6) is 5.75 Å². The van der Waals surface area contributed by atoms with Gasteiger partial charge in [-0.2, -0.15) is 0 Å². The van der Waals surface area contributed by atoms with Gasteiger partial charge < -0.3 is 14.2 Å². The van der Waals surface area contributed by atoms with Crippen molar-refractivity contribution in [2.75, 3.05) is 21.2 Å². The molecule has 5 nitrogen and oxygen atoms in total. The first-order valence-corrected chi connectivity index (χ1v) is 9.54. The first-order valence-electron chi connectivity index (χ1n) is 9.54. The van der Waals surface area contributed by atoms with E-state index >= 15 is 0 Å². The van der Waals surface area contributed by atoms with Gasteiger partial charge in [0.1, 0.15) is 17.1 Å². The molecule has 0 spiro atoms. The summed E-state index contributed by atoms with van der Waals surface area (Å²) in [4.78, 5) is 11.7. The minimum atomic E-state index is 0.679. The molecule has 0 N–H and O–H groups in total. The van der Waals surface area contributed by atoms with Gasteiger partial charge in [0.05, 0.1) is 13.7 Å². The predicted molar refractivity (Wildman–Crippen MR) is 118 cm³/mol. The molecule has 0 aliphatic carbocycles. The van der Waals surface area contributed by atoms with Crippen molar-refractivity contribution < 1.29 is 4.74 Å². The minimum absolute atomic E-state index is 0.679. The largest absolute Gasteiger partial charge is 0.497 e. The average Bonchev–Trinajstić information content (AvgIpc) is 3.12. The number of rotatable bonds is 6. The molecule has 2 aromatic heterocycles. The lowest BCUT2D eigenvalue weighted by Gasteiger charge is -2.10. The zero-order valence-corrected chi connectivity index (χ0v) is 16.9. The zero-order chi connectivity index (χ0) is 20.2. The van der Waals surface area contributed by atoms with E-state index in [9.17, 15) is 0 Å². The van der Waals surface area contributed by atoms with Crippen molar-refractivity contribution in [1.29, 1.82) is 0 Å². The Labute approximate surface area is 170 Å². The summed E-state index contributed by atoms with van der Waals surface area (Å²) in [5, 5.41) is 0. The summed E-state index contributed by atoms with van der Waals surface area (Å²) in [6.45, 7) is 0.679. The second-order valence-corrected chi connectivity index (χ2v) is 7.09. The van der Waals surface area contributed by atoms with E-state index in [1.54, 1.807) is 7.11 Å². The van der Waals surface area contributed by atoms with Crippen LogP contribution in [0.15, 0.2) is 73.1 Å². The highest BCUT2D eigenvalue weighted by atomic mass is 16.5. The molecule has 2 aromatic carbocycles. The molecule has 4 aromatic rings. The number of hydrogen-bond acceptors (Lipinski definition) is 4. The number of methoxy groups -OCH3 is 1. The predicted octanol–water partition coefficient (Wildman–Crippen LogP) is 4.69. The van der Waals surface area contributed by atoms with Crippen LogP contribution in [0.1, 0.15) is 11.1 Å². The first-order chi connectivity index (χ1) is 14.2. The van der Waals surface area contributed by atoms with Crippen molar-refractivity contribution in [3.05, 3.63) is 84.2 Å². The Hall–Kier alpha value is -3.60. The lowest BCUT2D eigenvalue weighted by molar-refractivity contribution is 0.414. The maximum absolute atomic E-state index is 5.29. The summed E-state index contributed by atoms with van der Waals surface area (Å²) in [6.07, 6.45) is 5.95. The van der Waals surface area contributed by atoms with Gasteiger partial charge in [-0.3, -0.25) is 0 Å². The number of fused-ring (bicyclic) bond motifs is 1. The summed E-state index contributed by atoms with van der Waals surface area (Å²) in [5.41, 5.74) is 5.06. The average molecular weight is 384 g/mol. The van der Waals surface area contributed by atoms with E-state index in [2.05, 4.69) is 39.9 Å². The van der Waals surface area contributed by atoms with Gasteiger partial charge in [0.2, 0.25) is 0 Å². The minimum Gasteiger partial charge on any atom is -0.497 e. The molecular weight excluding hydrogens is 360 g/mol. The van der Waals surface area contributed by atoms with E-state index in [1.165, 1.54) is 5.56 Å². The molecule has 0 saturated carbocycles. The molecule has 0 fully saturated rings. The monoisotopic (exact) mass is 384 g/mol. The summed E-state index contributed by atoms with van der Waals surface area (Å²) in [7, 11) is 5.69. The first kappa shape index (κ1) is 18.7. The molecule has 0 aliphatic heterocycles. The van der Waals surface area contributed by atoms with Gasteiger partial charge in [0.15, 0.2) is 5.65 Å². The lowest BCUT2D eigenvalue weighted by Crippen LogP contribution is -2.03. The van der Waals surface area contributed by atoms with Crippen LogP contribution in [0.2, 0.25) is 0 Å². The number of aromatic nitrogens is 3. The molecule has 29 heavy (non-hydrogen) atoms. The van der Waals surface area contributed by atoms with Gasteiger partial charge in [-0.25, -0.2) is 9.97 Å². The Morgan fingerprint density at radius 2 is 1.76 bits per heavy atom. The molecule has 4 rings (SSSR count). The number of hydrogen-bond donors (Lipinski definition) is 0. The molecule has 0 bridgehead atoms. The van der Waals surface area contributed by atoms with Crippen molar-refractivity contribution in [1.82, 2.24) is 19.4 Å². The molecule has 5 heteroatoms.